The number of Topliss-reactive ketones (excluding diaryl/α,β-unsaturated/α-hetero) is 1. The van der Waals surface area contributed by atoms with Crippen molar-refractivity contribution in [1.29, 1.82) is 0 Å². The molecule has 3 nitrogen and oxygen atoms in total. The monoisotopic (exact) mass is 254 g/mol. The maximum absolute atomic E-state index is 12.8. The lowest BCUT2D eigenvalue weighted by Gasteiger charge is -2.45. The Morgan fingerprint density at radius 2 is 1.94 bits per heavy atom. The minimum absolute atomic E-state index is 0.169. The fourth-order valence-electron chi connectivity index (χ4n) is 2.76. The van der Waals surface area contributed by atoms with Crippen molar-refractivity contribution in [3.05, 3.63) is 12.5 Å². The Bertz CT molecular complexity index is 320. The summed E-state index contributed by atoms with van der Waals surface area (Å²) in [4.78, 5) is 12.8. The molecule has 0 amide bonds. The summed E-state index contributed by atoms with van der Waals surface area (Å²) in [6, 6.07) is 0. The number of ether oxygens (including phenoxy) is 1. The largest absolute Gasteiger partial charge is 0.512 e. The molecular formula is C15H26O3. The first-order chi connectivity index (χ1) is 8.44. The van der Waals surface area contributed by atoms with E-state index in [2.05, 4.69) is 13.8 Å². The molecule has 0 saturated heterocycles. The molecule has 0 aliphatic heterocycles. The molecule has 0 heterocycles. The van der Waals surface area contributed by atoms with Gasteiger partial charge in [0, 0.05) is 5.41 Å². The van der Waals surface area contributed by atoms with E-state index in [0.29, 0.717) is 12.3 Å². The Labute approximate surface area is 110 Å². The van der Waals surface area contributed by atoms with Crippen LogP contribution in [0.25, 0.3) is 0 Å². The van der Waals surface area contributed by atoms with E-state index in [-0.39, 0.29) is 11.2 Å². The Morgan fingerprint density at radius 3 is 2.28 bits per heavy atom. The van der Waals surface area contributed by atoms with Gasteiger partial charge in [-0.1, -0.05) is 27.2 Å². The van der Waals surface area contributed by atoms with Gasteiger partial charge >= 0.3 is 0 Å². The van der Waals surface area contributed by atoms with Crippen LogP contribution >= 0.6 is 0 Å². The number of rotatable bonds is 7. The minimum atomic E-state index is -0.834. The van der Waals surface area contributed by atoms with Crippen LogP contribution in [0.2, 0.25) is 0 Å². The van der Waals surface area contributed by atoms with Gasteiger partial charge in [0.05, 0.1) is 0 Å². The number of aliphatic hydroxyl groups excluding tert-OH is 1. The van der Waals surface area contributed by atoms with Gasteiger partial charge in [0.25, 0.3) is 0 Å². The smallest absolute Gasteiger partial charge is 0.182 e. The molecule has 0 aromatic rings. The molecule has 1 N–H and O–H groups in total. The first kappa shape index (κ1) is 15.1. The van der Waals surface area contributed by atoms with Crippen LogP contribution in [-0.2, 0) is 9.53 Å². The van der Waals surface area contributed by atoms with Gasteiger partial charge in [0.1, 0.15) is 12.5 Å². The van der Waals surface area contributed by atoms with Gasteiger partial charge in [0.15, 0.2) is 11.4 Å². The summed E-state index contributed by atoms with van der Waals surface area (Å²) in [6.07, 6.45) is 7.02. The highest BCUT2D eigenvalue weighted by atomic mass is 16.5. The zero-order valence-electron chi connectivity index (χ0n) is 12.0. The van der Waals surface area contributed by atoms with Crippen LogP contribution in [0, 0.1) is 11.3 Å². The fourth-order valence-corrected chi connectivity index (χ4v) is 2.76. The van der Waals surface area contributed by atoms with Crippen LogP contribution in [-0.4, -0.2) is 16.5 Å². The molecule has 2 unspecified atom stereocenters. The van der Waals surface area contributed by atoms with Crippen molar-refractivity contribution in [2.45, 2.75) is 65.4 Å². The molecule has 1 rings (SSSR count). The van der Waals surface area contributed by atoms with Crippen molar-refractivity contribution in [3.63, 3.8) is 0 Å². The van der Waals surface area contributed by atoms with Crippen LogP contribution in [0.1, 0.15) is 59.8 Å². The molecule has 3 heteroatoms. The zero-order chi connectivity index (χ0) is 13.8. The molecule has 0 bridgehead atoms. The maximum atomic E-state index is 12.8. The minimum Gasteiger partial charge on any atom is -0.512 e. The van der Waals surface area contributed by atoms with E-state index in [4.69, 9.17) is 9.84 Å². The summed E-state index contributed by atoms with van der Waals surface area (Å²) in [5.74, 6) is 0.658. The van der Waals surface area contributed by atoms with Gasteiger partial charge in [-0.3, -0.25) is 4.79 Å². The van der Waals surface area contributed by atoms with Crippen LogP contribution in [0.3, 0.4) is 0 Å². The molecule has 0 radical (unpaired) electrons. The lowest BCUT2D eigenvalue weighted by Crippen LogP contribution is -2.50. The van der Waals surface area contributed by atoms with E-state index < -0.39 is 5.60 Å². The van der Waals surface area contributed by atoms with Crippen LogP contribution in [0.4, 0.5) is 0 Å². The molecule has 2 atom stereocenters. The second-order valence-corrected chi connectivity index (χ2v) is 5.72. The molecule has 104 valence electrons. The average molecular weight is 254 g/mol. The highest BCUT2D eigenvalue weighted by Gasteiger charge is 2.49. The third-order valence-corrected chi connectivity index (χ3v) is 4.80. The van der Waals surface area contributed by atoms with Gasteiger partial charge in [-0.2, -0.15) is 0 Å². The third-order valence-electron chi connectivity index (χ3n) is 4.80. The normalized spacial score (nSPS) is 23.1. The van der Waals surface area contributed by atoms with Gasteiger partial charge in [0.2, 0.25) is 0 Å². The predicted octanol–water partition coefficient (Wildman–Crippen LogP) is 3.99. The number of carbonyl (C=O) groups excluding carboxylic acids is 1. The second kappa shape index (κ2) is 5.77. The van der Waals surface area contributed by atoms with Crippen molar-refractivity contribution in [2.24, 2.45) is 11.3 Å². The first-order valence-corrected chi connectivity index (χ1v) is 6.96. The van der Waals surface area contributed by atoms with E-state index in [0.717, 1.165) is 25.5 Å². The van der Waals surface area contributed by atoms with Gasteiger partial charge in [-0.15, -0.1) is 0 Å². The van der Waals surface area contributed by atoms with Crippen LogP contribution in [0.15, 0.2) is 12.5 Å². The zero-order valence-corrected chi connectivity index (χ0v) is 12.0. The van der Waals surface area contributed by atoms with Crippen LogP contribution < -0.4 is 0 Å². The number of ketones is 1. The number of carbonyl (C=O) groups is 1. The first-order valence-electron chi connectivity index (χ1n) is 6.96. The van der Waals surface area contributed by atoms with E-state index >= 15 is 0 Å². The fraction of sp³-hybridized carbons (Fsp3) is 0.800. The van der Waals surface area contributed by atoms with Crippen molar-refractivity contribution >= 4 is 5.78 Å². The topological polar surface area (TPSA) is 46.5 Å². The van der Waals surface area contributed by atoms with E-state index in [1.807, 2.05) is 13.8 Å². The van der Waals surface area contributed by atoms with E-state index in [1.165, 1.54) is 12.7 Å². The molecule has 1 fully saturated rings. The third kappa shape index (κ3) is 2.55. The summed E-state index contributed by atoms with van der Waals surface area (Å²) < 4.78 is 5.48. The maximum Gasteiger partial charge on any atom is 0.182 e. The van der Waals surface area contributed by atoms with Crippen molar-refractivity contribution in [1.82, 2.24) is 0 Å². The Hall–Kier alpha value is -0.990. The number of hydrogen-bond donors (Lipinski definition) is 1. The van der Waals surface area contributed by atoms with Crippen LogP contribution in [0.5, 0.6) is 0 Å². The Kier molecular flexibility index (Phi) is 4.83. The highest BCUT2D eigenvalue weighted by molar-refractivity contribution is 5.92. The summed E-state index contributed by atoms with van der Waals surface area (Å²) in [6.45, 7) is 7.91. The predicted molar refractivity (Wildman–Crippen MR) is 72.3 cm³/mol. The average Bonchev–Trinajstić information content (AvgIpc) is 2.32. The molecule has 0 aromatic heterocycles. The van der Waals surface area contributed by atoms with E-state index in [1.54, 1.807) is 0 Å². The van der Waals surface area contributed by atoms with Crippen molar-refractivity contribution in [3.8, 4) is 0 Å². The van der Waals surface area contributed by atoms with Gasteiger partial charge in [-0.05, 0) is 38.5 Å². The number of aliphatic hydroxyl groups is 1. The summed E-state index contributed by atoms with van der Waals surface area (Å²) in [5, 5.41) is 8.72. The highest BCUT2D eigenvalue weighted by Crippen LogP contribution is 2.47. The van der Waals surface area contributed by atoms with Gasteiger partial charge < -0.3 is 9.84 Å². The Morgan fingerprint density at radius 1 is 1.33 bits per heavy atom. The molecular weight excluding hydrogens is 228 g/mol. The number of hydrogen-bond acceptors (Lipinski definition) is 3. The van der Waals surface area contributed by atoms with Crippen molar-refractivity contribution < 1.29 is 14.6 Å². The Balaban J connectivity index is 2.92. The van der Waals surface area contributed by atoms with Gasteiger partial charge in [-0.25, -0.2) is 0 Å². The van der Waals surface area contributed by atoms with E-state index in [9.17, 15) is 4.79 Å². The summed E-state index contributed by atoms with van der Waals surface area (Å²) >= 11 is 0. The quantitative estimate of drug-likeness (QED) is 0.699. The lowest BCUT2D eigenvalue weighted by atomic mass is 9.60. The summed E-state index contributed by atoms with van der Waals surface area (Å²) in [5.41, 5.74) is -1.13. The lowest BCUT2D eigenvalue weighted by molar-refractivity contribution is -0.152. The van der Waals surface area contributed by atoms with Crippen molar-refractivity contribution in [2.75, 3.05) is 0 Å². The summed E-state index contributed by atoms with van der Waals surface area (Å²) in [7, 11) is 0. The SMILES string of the molecule is CCC(C)(OC=CO)C(=O)C(C)(CC)C1CCC1. The molecule has 1 aliphatic carbocycles. The second-order valence-electron chi connectivity index (χ2n) is 5.72. The standard InChI is InChI=1S/C15H26O3/c1-5-14(3,12-8-7-9-12)13(17)15(4,6-2)18-11-10-16/h10-12,16H,5-9H2,1-4H3. The molecule has 1 saturated carbocycles. The molecule has 1 aliphatic rings. The molecule has 0 spiro atoms. The molecule has 0 aromatic carbocycles. The molecule has 18 heavy (non-hydrogen) atoms.